The second kappa shape index (κ2) is 5.60. The summed E-state index contributed by atoms with van der Waals surface area (Å²) in [6.07, 6.45) is 4.42. The van der Waals surface area contributed by atoms with Crippen molar-refractivity contribution in [2.45, 2.75) is 31.7 Å². The molecular weight excluding hydrogens is 268 g/mol. The number of nitrogens with zero attached hydrogens (tertiary/aromatic N) is 2. The fourth-order valence-electron chi connectivity index (χ4n) is 2.98. The zero-order chi connectivity index (χ0) is 14.8. The molecule has 1 aliphatic rings. The highest BCUT2D eigenvalue weighted by atomic mass is 16.5. The highest BCUT2D eigenvalue weighted by Crippen LogP contribution is 2.36. The van der Waals surface area contributed by atoms with Crippen LogP contribution in [0.2, 0.25) is 0 Å². The first-order chi connectivity index (χ1) is 10.2. The highest BCUT2D eigenvalue weighted by molar-refractivity contribution is 5.87. The Morgan fingerprint density at radius 1 is 1.33 bits per heavy atom. The van der Waals surface area contributed by atoms with E-state index in [2.05, 4.69) is 5.10 Å². The number of hydrogen-bond donors (Lipinski definition) is 1. The Balaban J connectivity index is 2.13. The summed E-state index contributed by atoms with van der Waals surface area (Å²) in [6, 6.07) is 9.55. The van der Waals surface area contributed by atoms with E-state index in [1.165, 1.54) is 0 Å². The number of benzene rings is 1. The van der Waals surface area contributed by atoms with Crippen molar-refractivity contribution >= 4 is 5.97 Å². The fourth-order valence-corrected chi connectivity index (χ4v) is 2.98. The van der Waals surface area contributed by atoms with Crippen LogP contribution in [0, 0.1) is 0 Å². The second-order valence-corrected chi connectivity index (χ2v) is 5.30. The molecule has 1 aromatic carbocycles. The molecule has 1 aliphatic carbocycles. The first-order valence-electron chi connectivity index (χ1n) is 7.17. The van der Waals surface area contributed by atoms with Gasteiger partial charge in [0.2, 0.25) is 0 Å². The third-order valence-electron chi connectivity index (χ3n) is 4.01. The standard InChI is InChI=1S/C16H18N2O3/c1-21-15-9-5-4-8-12(15)14-10-13(16(19)20)17-18(14)11-6-2-3-7-11/h4-5,8-11H,2-3,6-7H2,1H3,(H,19,20). The van der Waals surface area contributed by atoms with Crippen LogP contribution >= 0.6 is 0 Å². The summed E-state index contributed by atoms with van der Waals surface area (Å²) in [5.74, 6) is -0.267. The van der Waals surface area contributed by atoms with E-state index in [0.29, 0.717) is 0 Å². The van der Waals surface area contributed by atoms with Gasteiger partial charge in [0, 0.05) is 5.56 Å². The van der Waals surface area contributed by atoms with Crippen LogP contribution in [0.3, 0.4) is 0 Å². The number of aromatic carboxylic acids is 1. The fraction of sp³-hybridized carbons (Fsp3) is 0.375. The minimum atomic E-state index is -0.997. The van der Waals surface area contributed by atoms with Gasteiger partial charge in [-0.3, -0.25) is 4.68 Å². The van der Waals surface area contributed by atoms with E-state index in [0.717, 1.165) is 42.7 Å². The van der Waals surface area contributed by atoms with E-state index in [4.69, 9.17) is 4.74 Å². The predicted octanol–water partition coefficient (Wildman–Crippen LogP) is 3.37. The summed E-state index contributed by atoms with van der Waals surface area (Å²) in [7, 11) is 1.62. The Kier molecular flexibility index (Phi) is 3.64. The van der Waals surface area contributed by atoms with Gasteiger partial charge in [-0.05, 0) is 31.0 Å². The molecule has 3 rings (SSSR count). The molecule has 21 heavy (non-hydrogen) atoms. The lowest BCUT2D eigenvalue weighted by atomic mass is 10.1. The first-order valence-corrected chi connectivity index (χ1v) is 7.17. The van der Waals surface area contributed by atoms with Crippen molar-refractivity contribution in [1.29, 1.82) is 0 Å². The van der Waals surface area contributed by atoms with Crippen molar-refractivity contribution < 1.29 is 14.6 Å². The molecule has 110 valence electrons. The Bertz CT molecular complexity index is 657. The molecule has 0 saturated heterocycles. The number of methoxy groups -OCH3 is 1. The molecule has 0 atom stereocenters. The molecular formula is C16H18N2O3. The Morgan fingerprint density at radius 3 is 2.71 bits per heavy atom. The quantitative estimate of drug-likeness (QED) is 0.936. The number of carbonyl (C=O) groups is 1. The van der Waals surface area contributed by atoms with E-state index in [-0.39, 0.29) is 11.7 Å². The Morgan fingerprint density at radius 2 is 2.05 bits per heavy atom. The lowest BCUT2D eigenvalue weighted by Crippen LogP contribution is -2.10. The average molecular weight is 286 g/mol. The van der Waals surface area contributed by atoms with Gasteiger partial charge in [-0.25, -0.2) is 4.79 Å². The average Bonchev–Trinajstić information content (AvgIpc) is 3.16. The normalized spacial score (nSPS) is 15.3. The molecule has 2 aromatic rings. The van der Waals surface area contributed by atoms with Crippen LogP contribution in [-0.2, 0) is 0 Å². The molecule has 1 saturated carbocycles. The number of carboxylic acids is 1. The summed E-state index contributed by atoms with van der Waals surface area (Å²) in [4.78, 5) is 11.3. The monoisotopic (exact) mass is 286 g/mol. The van der Waals surface area contributed by atoms with Gasteiger partial charge in [0.25, 0.3) is 0 Å². The van der Waals surface area contributed by atoms with Gasteiger partial charge in [0.05, 0.1) is 18.8 Å². The smallest absolute Gasteiger partial charge is 0.356 e. The molecule has 0 amide bonds. The summed E-state index contributed by atoms with van der Waals surface area (Å²) < 4.78 is 7.27. The van der Waals surface area contributed by atoms with Gasteiger partial charge in [-0.15, -0.1) is 0 Å². The van der Waals surface area contributed by atoms with E-state index < -0.39 is 5.97 Å². The topological polar surface area (TPSA) is 64.3 Å². The van der Waals surface area contributed by atoms with Gasteiger partial charge in [0.1, 0.15) is 5.75 Å². The zero-order valence-corrected chi connectivity index (χ0v) is 12.0. The lowest BCUT2D eigenvalue weighted by molar-refractivity contribution is 0.0689. The summed E-state index contributed by atoms with van der Waals surface area (Å²) in [5, 5.41) is 13.5. The first kappa shape index (κ1) is 13.7. The molecule has 5 heteroatoms. The van der Waals surface area contributed by atoms with Crippen LogP contribution in [0.1, 0.15) is 42.2 Å². The van der Waals surface area contributed by atoms with E-state index in [1.807, 2.05) is 28.9 Å². The van der Waals surface area contributed by atoms with E-state index in [1.54, 1.807) is 13.2 Å². The summed E-state index contributed by atoms with van der Waals surface area (Å²) in [5.41, 5.74) is 1.78. The van der Waals surface area contributed by atoms with Crippen LogP contribution < -0.4 is 4.74 Å². The van der Waals surface area contributed by atoms with Crippen LogP contribution in [0.4, 0.5) is 0 Å². The van der Waals surface area contributed by atoms with Gasteiger partial charge in [-0.2, -0.15) is 5.10 Å². The maximum absolute atomic E-state index is 11.3. The number of ether oxygens (including phenoxy) is 1. The molecule has 1 heterocycles. The van der Waals surface area contributed by atoms with E-state index >= 15 is 0 Å². The third-order valence-corrected chi connectivity index (χ3v) is 4.01. The SMILES string of the molecule is COc1ccccc1-c1cc(C(=O)O)nn1C1CCCC1. The van der Waals surface area contributed by atoms with Crippen molar-refractivity contribution in [2.75, 3.05) is 7.11 Å². The number of carboxylic acid groups (broad SMARTS) is 1. The Labute approximate surface area is 123 Å². The molecule has 0 aliphatic heterocycles. The lowest BCUT2D eigenvalue weighted by Gasteiger charge is -2.15. The minimum absolute atomic E-state index is 0.0859. The van der Waals surface area contributed by atoms with E-state index in [9.17, 15) is 9.90 Å². The summed E-state index contributed by atoms with van der Waals surface area (Å²) >= 11 is 0. The largest absolute Gasteiger partial charge is 0.496 e. The van der Waals surface area contributed by atoms with Crippen molar-refractivity contribution in [2.24, 2.45) is 0 Å². The van der Waals surface area contributed by atoms with Crippen LogP contribution in [-0.4, -0.2) is 28.0 Å². The second-order valence-electron chi connectivity index (χ2n) is 5.30. The van der Waals surface area contributed by atoms with Crippen LogP contribution in [0.25, 0.3) is 11.3 Å². The number of aromatic nitrogens is 2. The molecule has 0 spiro atoms. The van der Waals surface area contributed by atoms with Crippen molar-refractivity contribution in [1.82, 2.24) is 9.78 Å². The number of hydrogen-bond acceptors (Lipinski definition) is 3. The van der Waals surface area contributed by atoms with Crippen LogP contribution in [0.5, 0.6) is 5.75 Å². The maximum Gasteiger partial charge on any atom is 0.356 e. The number of para-hydroxylation sites is 1. The van der Waals surface area contributed by atoms with Crippen molar-refractivity contribution in [3.63, 3.8) is 0 Å². The van der Waals surface area contributed by atoms with Gasteiger partial charge in [-0.1, -0.05) is 25.0 Å². The zero-order valence-electron chi connectivity index (χ0n) is 12.0. The van der Waals surface area contributed by atoms with Gasteiger partial charge < -0.3 is 9.84 Å². The third kappa shape index (κ3) is 2.51. The van der Waals surface area contributed by atoms with Crippen molar-refractivity contribution in [3.8, 4) is 17.0 Å². The molecule has 1 aromatic heterocycles. The van der Waals surface area contributed by atoms with Crippen molar-refractivity contribution in [3.05, 3.63) is 36.0 Å². The molecule has 1 N–H and O–H groups in total. The number of rotatable bonds is 4. The van der Waals surface area contributed by atoms with Crippen LogP contribution in [0.15, 0.2) is 30.3 Å². The summed E-state index contributed by atoms with van der Waals surface area (Å²) in [6.45, 7) is 0. The molecule has 5 nitrogen and oxygen atoms in total. The Hall–Kier alpha value is -2.30. The predicted molar refractivity (Wildman–Crippen MR) is 78.7 cm³/mol. The van der Waals surface area contributed by atoms with Gasteiger partial charge >= 0.3 is 5.97 Å². The molecule has 1 fully saturated rings. The highest BCUT2D eigenvalue weighted by Gasteiger charge is 2.24. The maximum atomic E-state index is 11.3. The van der Waals surface area contributed by atoms with Gasteiger partial charge in [0.15, 0.2) is 5.69 Å². The molecule has 0 radical (unpaired) electrons. The minimum Gasteiger partial charge on any atom is -0.496 e. The molecule has 0 unspecified atom stereocenters. The molecule has 0 bridgehead atoms.